The van der Waals surface area contributed by atoms with Crippen LogP contribution >= 0.6 is 0 Å². The monoisotopic (exact) mass is 404 g/mol. The highest BCUT2D eigenvalue weighted by Crippen LogP contribution is 2.24. The highest BCUT2D eigenvalue weighted by Gasteiger charge is 2.21. The number of amides is 1. The quantitative estimate of drug-likeness (QED) is 0.694. The Labute approximate surface area is 167 Å². The third kappa shape index (κ3) is 5.73. The first-order chi connectivity index (χ1) is 13.2. The van der Waals surface area contributed by atoms with E-state index < -0.39 is 10.0 Å². The first-order valence-corrected chi connectivity index (χ1v) is 10.8. The first kappa shape index (κ1) is 21.8. The zero-order valence-corrected chi connectivity index (χ0v) is 17.6. The van der Waals surface area contributed by atoms with E-state index in [0.717, 1.165) is 18.4 Å². The van der Waals surface area contributed by atoms with Crippen molar-refractivity contribution >= 4 is 21.6 Å². The number of carbonyl (C=O) groups excluding carboxylic acids is 1. The Morgan fingerprint density at radius 1 is 1.11 bits per heavy atom. The highest BCUT2D eigenvalue weighted by atomic mass is 32.2. The molecule has 7 heteroatoms. The minimum atomic E-state index is -3.64. The molecule has 0 aliphatic heterocycles. The number of hydrogen-bond donors (Lipinski definition) is 1. The molecular formula is C21H28N2O4S. The number of sulfonamides is 1. The molecule has 0 saturated heterocycles. The van der Waals surface area contributed by atoms with Gasteiger partial charge in [-0.3, -0.25) is 9.10 Å². The smallest absolute Gasteiger partial charge is 0.264 e. The molecule has 0 fully saturated rings. The Kier molecular flexibility index (Phi) is 7.45. The molecule has 0 spiro atoms. The van der Waals surface area contributed by atoms with Gasteiger partial charge in [0.15, 0.2) is 6.61 Å². The maximum atomic E-state index is 12.7. The predicted molar refractivity (Wildman–Crippen MR) is 111 cm³/mol. The van der Waals surface area contributed by atoms with E-state index in [1.54, 1.807) is 48.5 Å². The van der Waals surface area contributed by atoms with Gasteiger partial charge in [0.1, 0.15) is 5.75 Å². The van der Waals surface area contributed by atoms with E-state index in [0.29, 0.717) is 11.4 Å². The molecule has 0 bridgehead atoms. The van der Waals surface area contributed by atoms with Gasteiger partial charge in [-0.05, 0) is 56.7 Å². The van der Waals surface area contributed by atoms with Crippen LogP contribution in [-0.2, 0) is 14.8 Å². The highest BCUT2D eigenvalue weighted by molar-refractivity contribution is 7.92. The van der Waals surface area contributed by atoms with E-state index in [9.17, 15) is 13.2 Å². The average molecular weight is 405 g/mol. The van der Waals surface area contributed by atoms with Gasteiger partial charge in [0.2, 0.25) is 0 Å². The van der Waals surface area contributed by atoms with Crippen LogP contribution < -0.4 is 14.4 Å². The minimum absolute atomic E-state index is 0.0785. The third-order valence-corrected chi connectivity index (χ3v) is 6.18. The predicted octanol–water partition coefficient (Wildman–Crippen LogP) is 3.50. The Bertz CT molecular complexity index is 878. The van der Waals surface area contributed by atoms with E-state index in [1.807, 2.05) is 13.8 Å². The largest absolute Gasteiger partial charge is 0.484 e. The van der Waals surface area contributed by atoms with E-state index >= 15 is 0 Å². The molecule has 152 valence electrons. The molecule has 2 aromatic carbocycles. The van der Waals surface area contributed by atoms with Gasteiger partial charge in [0.25, 0.3) is 15.9 Å². The average Bonchev–Trinajstić information content (AvgIpc) is 2.66. The lowest BCUT2D eigenvalue weighted by Crippen LogP contribution is -2.35. The van der Waals surface area contributed by atoms with Crippen molar-refractivity contribution in [2.45, 2.75) is 44.6 Å². The molecule has 0 aliphatic rings. The van der Waals surface area contributed by atoms with Gasteiger partial charge in [-0.2, -0.15) is 0 Å². The van der Waals surface area contributed by atoms with E-state index in [2.05, 4.69) is 12.2 Å². The summed E-state index contributed by atoms with van der Waals surface area (Å²) in [5.74, 6) is 0.326. The van der Waals surface area contributed by atoms with Crippen LogP contribution in [0.3, 0.4) is 0 Å². The number of rotatable bonds is 9. The fraction of sp³-hybridized carbons (Fsp3) is 0.381. The summed E-state index contributed by atoms with van der Waals surface area (Å²) in [5, 5.41) is 2.87. The van der Waals surface area contributed by atoms with Crippen LogP contribution in [-0.4, -0.2) is 34.0 Å². The maximum absolute atomic E-state index is 12.7. The number of ether oxygens (including phenoxy) is 1. The molecule has 2 aromatic rings. The Hall–Kier alpha value is -2.54. The molecule has 6 nitrogen and oxygen atoms in total. The van der Waals surface area contributed by atoms with Crippen molar-refractivity contribution in [1.82, 2.24) is 5.32 Å². The Morgan fingerprint density at radius 2 is 1.71 bits per heavy atom. The van der Waals surface area contributed by atoms with Gasteiger partial charge in [-0.25, -0.2) is 8.42 Å². The fourth-order valence-electron chi connectivity index (χ4n) is 2.73. The number of aryl methyl sites for hydroxylation is 1. The SMILES string of the molecule is CCC[C@H](C)NC(=O)COc1ccc(N(C)S(=O)(=O)c2ccc(C)cc2)cc1. The molecule has 2 rings (SSSR count). The molecular weight excluding hydrogens is 376 g/mol. The van der Waals surface area contributed by atoms with Crippen LogP contribution in [0, 0.1) is 6.92 Å². The number of anilines is 1. The molecule has 0 aromatic heterocycles. The molecule has 0 heterocycles. The van der Waals surface area contributed by atoms with Gasteiger partial charge >= 0.3 is 0 Å². The van der Waals surface area contributed by atoms with Crippen LogP contribution in [0.1, 0.15) is 32.3 Å². The second-order valence-corrected chi connectivity index (χ2v) is 8.79. The molecule has 1 N–H and O–H groups in total. The molecule has 0 saturated carbocycles. The first-order valence-electron chi connectivity index (χ1n) is 9.32. The molecule has 0 aliphatic carbocycles. The van der Waals surface area contributed by atoms with Gasteiger partial charge in [0, 0.05) is 13.1 Å². The van der Waals surface area contributed by atoms with E-state index in [1.165, 1.54) is 11.4 Å². The van der Waals surface area contributed by atoms with E-state index in [-0.39, 0.29) is 23.5 Å². The topological polar surface area (TPSA) is 75.7 Å². The van der Waals surface area contributed by atoms with Crippen molar-refractivity contribution in [3.8, 4) is 5.75 Å². The standard InChI is InChI=1S/C21H28N2O4S/c1-5-6-17(3)22-21(24)15-27-19-11-9-18(10-12-19)23(4)28(25,26)20-13-7-16(2)8-14-20/h7-14,17H,5-6,15H2,1-4H3,(H,22,24)/t17-/m0/s1. The minimum Gasteiger partial charge on any atom is -0.484 e. The lowest BCUT2D eigenvalue weighted by Gasteiger charge is -2.20. The zero-order chi connectivity index (χ0) is 20.7. The number of nitrogens with zero attached hydrogens (tertiary/aromatic N) is 1. The summed E-state index contributed by atoms with van der Waals surface area (Å²) in [5.41, 5.74) is 1.50. The number of nitrogens with one attached hydrogen (secondary N) is 1. The fourth-order valence-corrected chi connectivity index (χ4v) is 3.93. The summed E-state index contributed by atoms with van der Waals surface area (Å²) in [4.78, 5) is 12.1. The summed E-state index contributed by atoms with van der Waals surface area (Å²) in [7, 11) is -2.13. The Morgan fingerprint density at radius 3 is 2.29 bits per heavy atom. The molecule has 1 amide bonds. The van der Waals surface area contributed by atoms with Crippen LogP contribution in [0.4, 0.5) is 5.69 Å². The second kappa shape index (κ2) is 9.59. The summed E-state index contributed by atoms with van der Waals surface area (Å²) < 4.78 is 32.2. The van der Waals surface area contributed by atoms with Crippen LogP contribution in [0.5, 0.6) is 5.75 Å². The van der Waals surface area contributed by atoms with Crippen molar-refractivity contribution in [1.29, 1.82) is 0 Å². The van der Waals surface area contributed by atoms with Gasteiger partial charge in [0.05, 0.1) is 10.6 Å². The van der Waals surface area contributed by atoms with Crippen LogP contribution in [0.2, 0.25) is 0 Å². The zero-order valence-electron chi connectivity index (χ0n) is 16.8. The number of carbonyl (C=O) groups is 1. The van der Waals surface area contributed by atoms with Gasteiger partial charge in [-0.15, -0.1) is 0 Å². The molecule has 1 atom stereocenters. The summed E-state index contributed by atoms with van der Waals surface area (Å²) >= 11 is 0. The van der Waals surface area contributed by atoms with Gasteiger partial charge < -0.3 is 10.1 Å². The maximum Gasteiger partial charge on any atom is 0.264 e. The van der Waals surface area contributed by atoms with Crippen molar-refractivity contribution in [2.24, 2.45) is 0 Å². The van der Waals surface area contributed by atoms with Crippen LogP contribution in [0.25, 0.3) is 0 Å². The van der Waals surface area contributed by atoms with E-state index in [4.69, 9.17) is 4.74 Å². The number of benzene rings is 2. The Balaban J connectivity index is 1.99. The summed E-state index contributed by atoms with van der Waals surface area (Å²) in [6.07, 6.45) is 1.92. The normalized spacial score (nSPS) is 12.3. The van der Waals surface area contributed by atoms with Crippen molar-refractivity contribution < 1.29 is 17.9 Å². The lowest BCUT2D eigenvalue weighted by molar-refractivity contribution is -0.123. The molecule has 0 radical (unpaired) electrons. The second-order valence-electron chi connectivity index (χ2n) is 6.83. The van der Waals surface area contributed by atoms with Gasteiger partial charge in [-0.1, -0.05) is 31.0 Å². The summed E-state index contributed by atoms with van der Waals surface area (Å²) in [6, 6.07) is 13.4. The lowest BCUT2D eigenvalue weighted by atomic mass is 10.2. The summed E-state index contributed by atoms with van der Waals surface area (Å²) in [6.45, 7) is 5.85. The van der Waals surface area contributed by atoms with Crippen molar-refractivity contribution in [3.05, 3.63) is 54.1 Å². The van der Waals surface area contributed by atoms with Crippen molar-refractivity contribution in [2.75, 3.05) is 18.0 Å². The van der Waals surface area contributed by atoms with Crippen molar-refractivity contribution in [3.63, 3.8) is 0 Å². The third-order valence-electron chi connectivity index (χ3n) is 4.38. The number of hydrogen-bond acceptors (Lipinski definition) is 4. The molecule has 28 heavy (non-hydrogen) atoms. The van der Waals surface area contributed by atoms with Crippen LogP contribution in [0.15, 0.2) is 53.4 Å². The molecule has 0 unspecified atom stereocenters.